The minimum Gasteiger partial charge on any atom is -0.456 e. The first-order valence-corrected chi connectivity index (χ1v) is 18.8. The highest BCUT2D eigenvalue weighted by molar-refractivity contribution is 6.32. The number of hydrogen-bond acceptors (Lipinski definition) is 4. The SMILES string of the molecule is c1ccc(-c2ccc3oc4ccccc4c4ccccc4c4c(ccc5c4c4ccccc4n5-c4nc(-c5ccccc5)nc(-c5ccccc5)n4)c3c2)cc1. The summed E-state index contributed by atoms with van der Waals surface area (Å²) in [5, 5.41) is 8.70. The number of nitrogens with zero attached hydrogens (tertiary/aromatic N) is 4. The van der Waals surface area contributed by atoms with Gasteiger partial charge in [0.25, 0.3) is 0 Å². The summed E-state index contributed by atoms with van der Waals surface area (Å²) in [7, 11) is 0. The fraction of sp³-hybridized carbons (Fsp3) is 0. The lowest BCUT2D eigenvalue weighted by atomic mass is 9.96. The maximum absolute atomic E-state index is 6.92. The summed E-state index contributed by atoms with van der Waals surface area (Å²) in [6, 6.07) is 67.4. The Kier molecular flexibility index (Phi) is 7.42. The van der Waals surface area contributed by atoms with Gasteiger partial charge in [0.1, 0.15) is 11.2 Å². The van der Waals surface area contributed by atoms with Crippen molar-refractivity contribution in [1.29, 1.82) is 0 Å². The van der Waals surface area contributed by atoms with Crippen LogP contribution in [-0.2, 0) is 0 Å². The predicted molar refractivity (Wildman–Crippen MR) is 230 cm³/mol. The van der Waals surface area contributed by atoms with Gasteiger partial charge in [-0.05, 0) is 57.6 Å². The van der Waals surface area contributed by atoms with Crippen molar-refractivity contribution in [3.63, 3.8) is 0 Å². The van der Waals surface area contributed by atoms with Gasteiger partial charge in [-0.25, -0.2) is 4.98 Å². The lowest BCUT2D eigenvalue weighted by Crippen LogP contribution is -2.06. The number of fused-ring (bicyclic) bond motifs is 11. The van der Waals surface area contributed by atoms with Crippen LogP contribution in [0.5, 0.6) is 0 Å². The van der Waals surface area contributed by atoms with Gasteiger partial charge in [-0.2, -0.15) is 9.97 Å². The fourth-order valence-electron chi connectivity index (χ4n) is 8.15. The molecule has 0 aliphatic heterocycles. The molecular formula is C51H32N4O. The monoisotopic (exact) mass is 716 g/mol. The summed E-state index contributed by atoms with van der Waals surface area (Å²) in [6.45, 7) is 0. The summed E-state index contributed by atoms with van der Waals surface area (Å²) in [6.07, 6.45) is 0. The standard InChI is InChI=1S/C51H32N4O/c1-4-16-33(17-5-1)36-28-31-46-42(32-36)40-29-30-44-48(47(40)39-24-11-10-22-37(39)38-23-13-15-27-45(38)56-46)41-25-12-14-26-43(41)55(44)51-53-49(34-18-6-2-7-19-34)52-50(54-51)35-20-8-3-9-21-35/h1-32H. The molecule has 56 heavy (non-hydrogen) atoms. The van der Waals surface area contributed by atoms with E-state index in [1.165, 1.54) is 0 Å². The molecule has 0 atom stereocenters. The highest BCUT2D eigenvalue weighted by atomic mass is 16.3. The highest BCUT2D eigenvalue weighted by Crippen LogP contribution is 2.42. The average molecular weight is 717 g/mol. The maximum atomic E-state index is 6.92. The van der Waals surface area contributed by atoms with Crippen molar-refractivity contribution < 1.29 is 4.42 Å². The Hall–Kier alpha value is -7.63. The van der Waals surface area contributed by atoms with Crippen molar-refractivity contribution in [2.75, 3.05) is 0 Å². The molecule has 0 bridgehead atoms. The fourth-order valence-corrected chi connectivity index (χ4v) is 8.15. The second-order valence-corrected chi connectivity index (χ2v) is 14.0. The van der Waals surface area contributed by atoms with E-state index in [1.807, 2.05) is 66.7 Å². The Labute approximate surface area is 322 Å². The van der Waals surface area contributed by atoms with Gasteiger partial charge in [-0.15, -0.1) is 0 Å². The lowest BCUT2D eigenvalue weighted by Gasteiger charge is -2.11. The van der Waals surface area contributed by atoms with E-state index in [0.29, 0.717) is 17.6 Å². The van der Waals surface area contributed by atoms with E-state index in [2.05, 4.69) is 132 Å². The minimum absolute atomic E-state index is 0.556. The smallest absolute Gasteiger partial charge is 0.238 e. The van der Waals surface area contributed by atoms with Crippen LogP contribution in [0.15, 0.2) is 199 Å². The van der Waals surface area contributed by atoms with Crippen molar-refractivity contribution in [3.05, 3.63) is 194 Å². The molecule has 0 aliphatic rings. The molecule has 8 aromatic carbocycles. The third kappa shape index (κ3) is 5.21. The van der Waals surface area contributed by atoms with E-state index < -0.39 is 0 Å². The Morgan fingerprint density at radius 2 is 0.857 bits per heavy atom. The third-order valence-corrected chi connectivity index (χ3v) is 10.7. The zero-order valence-corrected chi connectivity index (χ0v) is 30.2. The highest BCUT2D eigenvalue weighted by Gasteiger charge is 2.21. The van der Waals surface area contributed by atoms with E-state index in [-0.39, 0.29) is 0 Å². The van der Waals surface area contributed by atoms with Crippen molar-refractivity contribution in [3.8, 4) is 39.9 Å². The molecule has 11 rings (SSSR count). The number of para-hydroxylation sites is 2. The van der Waals surface area contributed by atoms with E-state index in [0.717, 1.165) is 87.5 Å². The van der Waals surface area contributed by atoms with Gasteiger partial charge in [0, 0.05) is 38.1 Å². The van der Waals surface area contributed by atoms with Gasteiger partial charge in [-0.3, -0.25) is 4.57 Å². The van der Waals surface area contributed by atoms with Crippen LogP contribution in [-0.4, -0.2) is 19.5 Å². The van der Waals surface area contributed by atoms with Gasteiger partial charge in [-0.1, -0.05) is 164 Å². The molecule has 0 fully saturated rings. The summed E-state index contributed by atoms with van der Waals surface area (Å²) in [5.41, 5.74) is 7.73. The van der Waals surface area contributed by atoms with Crippen LogP contribution < -0.4 is 0 Å². The zero-order chi connectivity index (χ0) is 37.0. The van der Waals surface area contributed by atoms with Gasteiger partial charge < -0.3 is 4.42 Å². The molecule has 0 N–H and O–H groups in total. The molecule has 3 heterocycles. The molecule has 5 heteroatoms. The number of hydrogen-bond donors (Lipinski definition) is 0. The Morgan fingerprint density at radius 3 is 1.55 bits per heavy atom. The van der Waals surface area contributed by atoms with E-state index in [4.69, 9.17) is 19.4 Å². The van der Waals surface area contributed by atoms with E-state index >= 15 is 0 Å². The van der Waals surface area contributed by atoms with Gasteiger partial charge in [0.2, 0.25) is 5.95 Å². The van der Waals surface area contributed by atoms with Crippen LogP contribution >= 0.6 is 0 Å². The maximum Gasteiger partial charge on any atom is 0.238 e. The molecule has 0 saturated heterocycles. The number of aromatic nitrogens is 4. The molecule has 11 aromatic rings. The first-order valence-electron chi connectivity index (χ1n) is 18.8. The van der Waals surface area contributed by atoms with Crippen LogP contribution in [0.3, 0.4) is 0 Å². The molecule has 3 aromatic heterocycles. The zero-order valence-electron chi connectivity index (χ0n) is 30.2. The van der Waals surface area contributed by atoms with Crippen LogP contribution in [0, 0.1) is 0 Å². The second-order valence-electron chi connectivity index (χ2n) is 14.0. The largest absolute Gasteiger partial charge is 0.456 e. The molecular weight excluding hydrogens is 685 g/mol. The van der Waals surface area contributed by atoms with Gasteiger partial charge in [0.05, 0.1) is 11.0 Å². The molecule has 262 valence electrons. The Balaban J connectivity index is 1.34. The minimum atomic E-state index is 0.556. The molecule has 0 unspecified atom stereocenters. The quantitative estimate of drug-likeness (QED) is 0.182. The average Bonchev–Trinajstić information content (AvgIpc) is 3.63. The second kappa shape index (κ2) is 13.0. The van der Waals surface area contributed by atoms with Gasteiger partial charge >= 0.3 is 0 Å². The number of benzene rings is 8. The van der Waals surface area contributed by atoms with E-state index in [1.54, 1.807) is 0 Å². The van der Waals surface area contributed by atoms with Crippen LogP contribution in [0.2, 0.25) is 0 Å². The van der Waals surface area contributed by atoms with Crippen LogP contribution in [0.1, 0.15) is 0 Å². The molecule has 0 radical (unpaired) electrons. The Bertz CT molecular complexity index is 3290. The Morgan fingerprint density at radius 1 is 0.321 bits per heavy atom. The molecule has 0 saturated carbocycles. The summed E-state index contributed by atoms with van der Waals surface area (Å²) < 4.78 is 9.12. The topological polar surface area (TPSA) is 56.7 Å². The first kappa shape index (κ1) is 31.9. The lowest BCUT2D eigenvalue weighted by molar-refractivity contribution is 0.663. The van der Waals surface area contributed by atoms with Crippen molar-refractivity contribution in [2.24, 2.45) is 0 Å². The molecule has 0 amide bonds. The van der Waals surface area contributed by atoms with E-state index in [9.17, 15) is 0 Å². The molecule has 0 spiro atoms. The van der Waals surface area contributed by atoms with Crippen molar-refractivity contribution in [1.82, 2.24) is 19.5 Å². The molecule has 5 nitrogen and oxygen atoms in total. The summed E-state index contributed by atoms with van der Waals surface area (Å²) in [5.74, 6) is 1.79. The molecule has 0 aliphatic carbocycles. The predicted octanol–water partition coefficient (Wildman–Crippen LogP) is 13.3. The third-order valence-electron chi connectivity index (χ3n) is 10.7. The van der Waals surface area contributed by atoms with Crippen molar-refractivity contribution >= 4 is 65.3 Å². The first-order chi connectivity index (χ1) is 27.8. The number of rotatable bonds is 4. The van der Waals surface area contributed by atoms with Crippen LogP contribution in [0.4, 0.5) is 0 Å². The summed E-state index contributed by atoms with van der Waals surface area (Å²) in [4.78, 5) is 15.4. The van der Waals surface area contributed by atoms with Crippen LogP contribution in [0.25, 0.3) is 105 Å². The van der Waals surface area contributed by atoms with Gasteiger partial charge in [0.15, 0.2) is 11.6 Å². The summed E-state index contributed by atoms with van der Waals surface area (Å²) >= 11 is 0. The van der Waals surface area contributed by atoms with Crippen molar-refractivity contribution in [2.45, 2.75) is 0 Å². The normalized spacial score (nSPS) is 11.6.